The molecule has 0 atom stereocenters. The molecule has 0 amide bonds. The highest BCUT2D eigenvalue weighted by Gasteiger charge is 2.35. The van der Waals surface area contributed by atoms with Crippen molar-refractivity contribution in [1.82, 2.24) is 5.32 Å². The molecule has 4 nitrogen and oxygen atoms in total. The van der Waals surface area contributed by atoms with Gasteiger partial charge in [0.25, 0.3) is 0 Å². The van der Waals surface area contributed by atoms with Crippen LogP contribution in [-0.2, 0) is 12.7 Å². The van der Waals surface area contributed by atoms with Crippen LogP contribution in [0.2, 0.25) is 0 Å². The number of aliphatic hydroxyl groups is 3. The molecule has 0 fully saturated rings. The van der Waals surface area contributed by atoms with Crippen LogP contribution in [0.15, 0.2) is 18.2 Å². The minimum Gasteiger partial charge on any atom is -0.394 e. The van der Waals surface area contributed by atoms with Crippen molar-refractivity contribution < 1.29 is 32.9 Å². The first kappa shape index (κ1) is 16.8. The van der Waals surface area contributed by atoms with Gasteiger partial charge in [-0.2, -0.15) is 13.2 Å². The molecule has 1 aromatic rings. The molecule has 8 heteroatoms. The first-order chi connectivity index (χ1) is 9.28. The maximum atomic E-state index is 12.9. The molecule has 0 aromatic heterocycles. The van der Waals surface area contributed by atoms with Crippen LogP contribution in [0.4, 0.5) is 17.6 Å². The van der Waals surface area contributed by atoms with Crippen LogP contribution >= 0.6 is 0 Å². The highest BCUT2D eigenvalue weighted by atomic mass is 19.4. The summed E-state index contributed by atoms with van der Waals surface area (Å²) >= 11 is 0. The van der Waals surface area contributed by atoms with Crippen LogP contribution in [0.5, 0.6) is 0 Å². The third kappa shape index (κ3) is 3.89. The average Bonchev–Trinajstić information content (AvgIpc) is 2.41. The Bertz CT molecular complexity index is 439. The largest absolute Gasteiger partial charge is 0.416 e. The molecule has 0 aliphatic heterocycles. The van der Waals surface area contributed by atoms with E-state index in [9.17, 15) is 17.6 Å². The SMILES string of the molecule is OCC(CO)(CO)NCc1ccc(F)cc1C(F)(F)F. The average molecular weight is 297 g/mol. The van der Waals surface area contributed by atoms with E-state index in [1.54, 1.807) is 0 Å². The number of hydrogen-bond donors (Lipinski definition) is 4. The topological polar surface area (TPSA) is 72.7 Å². The predicted molar refractivity (Wildman–Crippen MR) is 62.2 cm³/mol. The molecule has 20 heavy (non-hydrogen) atoms. The van der Waals surface area contributed by atoms with E-state index in [-0.39, 0.29) is 5.56 Å². The smallest absolute Gasteiger partial charge is 0.394 e. The molecule has 0 aliphatic rings. The highest BCUT2D eigenvalue weighted by molar-refractivity contribution is 5.30. The number of nitrogens with one attached hydrogen (secondary N) is 1. The van der Waals surface area contributed by atoms with Gasteiger partial charge in [0.1, 0.15) is 5.82 Å². The van der Waals surface area contributed by atoms with Gasteiger partial charge in [-0.1, -0.05) is 6.07 Å². The summed E-state index contributed by atoms with van der Waals surface area (Å²) in [6.45, 7) is -2.38. The lowest BCUT2D eigenvalue weighted by molar-refractivity contribution is -0.138. The molecule has 0 saturated heterocycles. The van der Waals surface area contributed by atoms with Gasteiger partial charge in [-0.25, -0.2) is 4.39 Å². The summed E-state index contributed by atoms with van der Waals surface area (Å²) in [5.74, 6) is -1.01. The van der Waals surface area contributed by atoms with Crippen molar-refractivity contribution in [3.63, 3.8) is 0 Å². The van der Waals surface area contributed by atoms with Crippen molar-refractivity contribution in [3.05, 3.63) is 35.1 Å². The monoisotopic (exact) mass is 297 g/mol. The summed E-state index contributed by atoms with van der Waals surface area (Å²) in [5.41, 5.74) is -2.90. The summed E-state index contributed by atoms with van der Waals surface area (Å²) < 4.78 is 51.2. The van der Waals surface area contributed by atoms with E-state index in [4.69, 9.17) is 15.3 Å². The molecular weight excluding hydrogens is 282 g/mol. The normalized spacial score (nSPS) is 12.8. The van der Waals surface area contributed by atoms with Gasteiger partial charge in [0.15, 0.2) is 0 Å². The van der Waals surface area contributed by atoms with Gasteiger partial charge in [-0.15, -0.1) is 0 Å². The van der Waals surface area contributed by atoms with E-state index >= 15 is 0 Å². The van der Waals surface area contributed by atoms with Gasteiger partial charge in [0.05, 0.1) is 30.9 Å². The molecular formula is C12H15F4NO3. The van der Waals surface area contributed by atoms with Gasteiger partial charge in [-0.3, -0.25) is 0 Å². The van der Waals surface area contributed by atoms with E-state index in [0.717, 1.165) is 12.1 Å². The molecule has 4 N–H and O–H groups in total. The van der Waals surface area contributed by atoms with Crippen LogP contribution < -0.4 is 5.32 Å². The van der Waals surface area contributed by atoms with Gasteiger partial charge >= 0.3 is 6.18 Å². The van der Waals surface area contributed by atoms with E-state index in [1.165, 1.54) is 0 Å². The number of hydrogen-bond acceptors (Lipinski definition) is 4. The van der Waals surface area contributed by atoms with Crippen molar-refractivity contribution in [1.29, 1.82) is 0 Å². The fourth-order valence-electron chi connectivity index (χ4n) is 1.57. The van der Waals surface area contributed by atoms with Crippen molar-refractivity contribution >= 4 is 0 Å². The Morgan fingerprint density at radius 2 is 1.55 bits per heavy atom. The molecule has 0 aliphatic carbocycles. The van der Waals surface area contributed by atoms with Gasteiger partial charge < -0.3 is 20.6 Å². The molecule has 114 valence electrons. The van der Waals surface area contributed by atoms with Crippen molar-refractivity contribution in [2.45, 2.75) is 18.3 Å². The highest BCUT2D eigenvalue weighted by Crippen LogP contribution is 2.32. The Morgan fingerprint density at radius 3 is 2.00 bits per heavy atom. The molecule has 0 bridgehead atoms. The number of rotatable bonds is 6. The number of alkyl halides is 3. The van der Waals surface area contributed by atoms with Crippen LogP contribution in [0.1, 0.15) is 11.1 Å². The number of halogens is 4. The molecule has 0 radical (unpaired) electrons. The molecule has 0 heterocycles. The summed E-state index contributed by atoms with van der Waals surface area (Å²) in [4.78, 5) is 0. The van der Waals surface area contributed by atoms with Gasteiger partial charge in [-0.05, 0) is 17.7 Å². The van der Waals surface area contributed by atoms with Crippen LogP contribution in [0.3, 0.4) is 0 Å². The van der Waals surface area contributed by atoms with E-state index in [1.807, 2.05) is 0 Å². The minimum atomic E-state index is -4.72. The van der Waals surface area contributed by atoms with E-state index in [2.05, 4.69) is 5.32 Å². The molecule has 0 saturated carbocycles. The van der Waals surface area contributed by atoms with E-state index in [0.29, 0.717) is 6.07 Å². The van der Waals surface area contributed by atoms with E-state index < -0.39 is 49.5 Å². The maximum absolute atomic E-state index is 12.9. The molecule has 1 rings (SSSR count). The number of aliphatic hydroxyl groups excluding tert-OH is 3. The van der Waals surface area contributed by atoms with Gasteiger partial charge in [0.2, 0.25) is 0 Å². The quantitative estimate of drug-likeness (QED) is 0.582. The third-order valence-corrected chi connectivity index (χ3v) is 2.94. The van der Waals surface area contributed by atoms with Gasteiger partial charge in [0, 0.05) is 6.54 Å². The van der Waals surface area contributed by atoms with Crippen molar-refractivity contribution in [2.24, 2.45) is 0 Å². The molecule has 0 spiro atoms. The summed E-state index contributed by atoms with van der Waals surface area (Å²) in [6.07, 6.45) is -4.72. The fourth-order valence-corrected chi connectivity index (χ4v) is 1.57. The minimum absolute atomic E-state index is 0.251. The van der Waals surface area contributed by atoms with Crippen LogP contribution in [0, 0.1) is 5.82 Å². The zero-order valence-corrected chi connectivity index (χ0v) is 10.4. The zero-order valence-electron chi connectivity index (χ0n) is 10.4. The Hall–Kier alpha value is -1.22. The van der Waals surface area contributed by atoms with Crippen LogP contribution in [0.25, 0.3) is 0 Å². The lowest BCUT2D eigenvalue weighted by Crippen LogP contribution is -2.54. The molecule has 0 unspecified atom stereocenters. The lowest BCUT2D eigenvalue weighted by atomic mass is 10.0. The summed E-state index contributed by atoms with van der Waals surface area (Å²) in [5, 5.41) is 29.6. The number of benzene rings is 1. The Morgan fingerprint density at radius 1 is 1.00 bits per heavy atom. The third-order valence-electron chi connectivity index (χ3n) is 2.94. The molecule has 1 aromatic carbocycles. The predicted octanol–water partition coefficient (Wildman–Crippen LogP) is 0.650. The zero-order chi connectivity index (χ0) is 15.4. The second-order valence-electron chi connectivity index (χ2n) is 4.41. The Kier molecular flexibility index (Phi) is 5.46. The van der Waals surface area contributed by atoms with Crippen molar-refractivity contribution in [2.75, 3.05) is 19.8 Å². The Labute approximate surface area is 112 Å². The second-order valence-corrected chi connectivity index (χ2v) is 4.41. The second kappa shape index (κ2) is 6.49. The standard InChI is InChI=1S/C12H15F4NO3/c13-9-2-1-8(10(3-9)12(14,15)16)4-17-11(5-18,6-19)7-20/h1-3,17-20H,4-7H2. The van der Waals surface area contributed by atoms with Crippen molar-refractivity contribution in [3.8, 4) is 0 Å². The first-order valence-electron chi connectivity index (χ1n) is 5.71. The summed E-state index contributed by atoms with van der Waals surface area (Å²) in [7, 11) is 0. The first-order valence-corrected chi connectivity index (χ1v) is 5.71. The fraction of sp³-hybridized carbons (Fsp3) is 0.500. The van der Waals surface area contributed by atoms with Crippen LogP contribution in [-0.4, -0.2) is 40.7 Å². The maximum Gasteiger partial charge on any atom is 0.416 e. The lowest BCUT2D eigenvalue weighted by Gasteiger charge is -2.29. The summed E-state index contributed by atoms with van der Waals surface area (Å²) in [6, 6.07) is 2.21. The Balaban J connectivity index is 2.98.